The number of hydrogen-bond donors (Lipinski definition) is 2. The third-order valence-corrected chi connectivity index (χ3v) is 5.42. The molecule has 2 rings (SSSR count). The normalized spacial score (nSPS) is 15.8. The van der Waals surface area contributed by atoms with Crippen LogP contribution in [0.1, 0.15) is 35.3 Å². The molecule has 1 aromatic carbocycles. The Morgan fingerprint density at radius 3 is 2.57 bits per heavy atom. The van der Waals surface area contributed by atoms with Crippen LogP contribution in [-0.2, 0) is 22.7 Å². The van der Waals surface area contributed by atoms with Crippen molar-refractivity contribution in [2.75, 3.05) is 0 Å². The average molecular weight is 307 g/mol. The first-order valence-electron chi connectivity index (χ1n) is 6.49. The first-order valence-corrected chi connectivity index (χ1v) is 7.97. The average Bonchev–Trinajstić information content (AvgIpc) is 2.41. The number of carbonyl (C=O) groups excluding carboxylic acids is 1. The summed E-state index contributed by atoms with van der Waals surface area (Å²) in [5.74, 6) is -0.976. The SMILES string of the molecule is CCc1cc2c(cc1C(=O)N=C(N)N)S(=O)(=O)C(C)=CC2. The van der Waals surface area contributed by atoms with Crippen LogP contribution in [0.2, 0.25) is 0 Å². The van der Waals surface area contributed by atoms with E-state index in [-0.39, 0.29) is 16.4 Å². The number of aliphatic imine (C=N–C) groups is 1. The van der Waals surface area contributed by atoms with Gasteiger partial charge in [0.05, 0.1) is 4.90 Å². The molecule has 4 N–H and O–H groups in total. The van der Waals surface area contributed by atoms with Gasteiger partial charge in [-0.05, 0) is 37.0 Å². The highest BCUT2D eigenvalue weighted by Gasteiger charge is 2.27. The molecule has 21 heavy (non-hydrogen) atoms. The van der Waals surface area contributed by atoms with Crippen molar-refractivity contribution in [3.05, 3.63) is 39.8 Å². The van der Waals surface area contributed by atoms with Crippen molar-refractivity contribution in [3.8, 4) is 0 Å². The molecular formula is C14H17N3O3S. The minimum atomic E-state index is -3.53. The minimum Gasteiger partial charge on any atom is -0.370 e. The van der Waals surface area contributed by atoms with Gasteiger partial charge in [0.2, 0.25) is 9.84 Å². The van der Waals surface area contributed by atoms with E-state index in [1.165, 1.54) is 6.07 Å². The van der Waals surface area contributed by atoms with E-state index < -0.39 is 15.7 Å². The number of nitrogens with two attached hydrogens (primary N) is 2. The molecule has 6 nitrogen and oxygen atoms in total. The topological polar surface area (TPSA) is 116 Å². The molecule has 0 aromatic heterocycles. The van der Waals surface area contributed by atoms with Crippen LogP contribution in [0.3, 0.4) is 0 Å². The summed E-state index contributed by atoms with van der Waals surface area (Å²) in [5.41, 5.74) is 12.1. The lowest BCUT2D eigenvalue weighted by atomic mass is 9.99. The van der Waals surface area contributed by atoms with Gasteiger partial charge in [-0.15, -0.1) is 0 Å². The largest absolute Gasteiger partial charge is 0.370 e. The van der Waals surface area contributed by atoms with Crippen molar-refractivity contribution >= 4 is 21.7 Å². The van der Waals surface area contributed by atoms with E-state index in [2.05, 4.69) is 4.99 Å². The van der Waals surface area contributed by atoms with Crippen LogP contribution in [0, 0.1) is 0 Å². The predicted molar refractivity (Wildman–Crippen MR) is 80.6 cm³/mol. The molecule has 1 aromatic rings. The highest BCUT2D eigenvalue weighted by molar-refractivity contribution is 7.95. The zero-order chi connectivity index (χ0) is 15.8. The van der Waals surface area contributed by atoms with Crippen LogP contribution >= 0.6 is 0 Å². The lowest BCUT2D eigenvalue weighted by Crippen LogP contribution is -2.24. The fraction of sp³-hybridized carbons (Fsp3) is 0.286. The number of rotatable bonds is 2. The summed E-state index contributed by atoms with van der Waals surface area (Å²) in [6.45, 7) is 3.43. The summed E-state index contributed by atoms with van der Waals surface area (Å²) in [4.78, 5) is 16.0. The molecule has 1 aliphatic rings. The van der Waals surface area contributed by atoms with Gasteiger partial charge in [-0.3, -0.25) is 4.79 Å². The van der Waals surface area contributed by atoms with E-state index in [1.54, 1.807) is 19.1 Å². The number of fused-ring (bicyclic) bond motifs is 1. The second-order valence-electron chi connectivity index (χ2n) is 4.83. The number of benzene rings is 1. The maximum Gasteiger partial charge on any atom is 0.280 e. The Kier molecular flexibility index (Phi) is 3.87. The van der Waals surface area contributed by atoms with E-state index in [1.807, 2.05) is 6.92 Å². The molecule has 0 fully saturated rings. The first-order chi connectivity index (χ1) is 9.77. The zero-order valence-electron chi connectivity index (χ0n) is 11.9. The van der Waals surface area contributed by atoms with Crippen molar-refractivity contribution in [3.63, 3.8) is 0 Å². The van der Waals surface area contributed by atoms with Crippen LogP contribution in [0.5, 0.6) is 0 Å². The van der Waals surface area contributed by atoms with Gasteiger partial charge in [0, 0.05) is 10.5 Å². The summed E-state index contributed by atoms with van der Waals surface area (Å²) in [7, 11) is -3.53. The maximum absolute atomic E-state index is 12.3. The van der Waals surface area contributed by atoms with Crippen molar-refractivity contribution in [2.45, 2.75) is 31.6 Å². The molecule has 0 aliphatic carbocycles. The quantitative estimate of drug-likeness (QED) is 0.622. The van der Waals surface area contributed by atoms with Gasteiger partial charge in [0.15, 0.2) is 5.96 Å². The second-order valence-corrected chi connectivity index (χ2v) is 6.93. The summed E-state index contributed by atoms with van der Waals surface area (Å²) >= 11 is 0. The summed E-state index contributed by atoms with van der Waals surface area (Å²) in [6.07, 6.45) is 2.79. The molecule has 0 saturated carbocycles. The molecular weight excluding hydrogens is 290 g/mol. The minimum absolute atomic E-state index is 0.161. The molecule has 0 radical (unpaired) electrons. The Labute approximate surface area is 123 Å². The summed E-state index contributed by atoms with van der Waals surface area (Å²) < 4.78 is 24.7. The Bertz CT molecular complexity index is 773. The van der Waals surface area contributed by atoms with Crippen LogP contribution in [-0.4, -0.2) is 20.3 Å². The number of guanidine groups is 1. The van der Waals surface area contributed by atoms with Gasteiger partial charge in [-0.1, -0.05) is 19.1 Å². The highest BCUT2D eigenvalue weighted by Crippen LogP contribution is 2.31. The molecule has 0 bridgehead atoms. The Hall–Kier alpha value is -2.15. The number of carbonyl (C=O) groups is 1. The number of amides is 1. The Morgan fingerprint density at radius 2 is 2.00 bits per heavy atom. The van der Waals surface area contributed by atoms with Crippen LogP contribution in [0.25, 0.3) is 0 Å². The van der Waals surface area contributed by atoms with E-state index in [9.17, 15) is 13.2 Å². The molecule has 0 unspecified atom stereocenters. The molecule has 1 heterocycles. The molecule has 0 saturated heterocycles. The van der Waals surface area contributed by atoms with E-state index in [0.29, 0.717) is 23.3 Å². The Morgan fingerprint density at radius 1 is 1.33 bits per heavy atom. The number of sulfone groups is 1. The van der Waals surface area contributed by atoms with Crippen molar-refractivity contribution in [1.29, 1.82) is 0 Å². The molecule has 7 heteroatoms. The van der Waals surface area contributed by atoms with Gasteiger partial charge in [0.25, 0.3) is 5.91 Å². The van der Waals surface area contributed by atoms with Crippen molar-refractivity contribution < 1.29 is 13.2 Å². The fourth-order valence-electron chi connectivity index (χ4n) is 2.29. The number of hydrogen-bond acceptors (Lipinski definition) is 3. The van der Waals surface area contributed by atoms with E-state index in [4.69, 9.17) is 11.5 Å². The summed E-state index contributed by atoms with van der Waals surface area (Å²) in [5, 5.41) is 0. The number of aryl methyl sites for hydroxylation is 1. The number of nitrogens with zero attached hydrogens (tertiary/aromatic N) is 1. The predicted octanol–water partition coefficient (Wildman–Crippen LogP) is 0.896. The summed E-state index contributed by atoms with van der Waals surface area (Å²) in [6, 6.07) is 3.13. The first kappa shape index (κ1) is 15.2. The van der Waals surface area contributed by atoms with E-state index in [0.717, 1.165) is 5.56 Å². The van der Waals surface area contributed by atoms with Gasteiger partial charge in [-0.2, -0.15) is 4.99 Å². The molecule has 112 valence electrons. The highest BCUT2D eigenvalue weighted by atomic mass is 32.2. The van der Waals surface area contributed by atoms with Gasteiger partial charge in [0.1, 0.15) is 0 Å². The Balaban J connectivity index is 2.69. The molecule has 1 aliphatic heterocycles. The molecule has 1 amide bonds. The smallest absolute Gasteiger partial charge is 0.280 e. The van der Waals surface area contributed by atoms with Crippen LogP contribution in [0.4, 0.5) is 0 Å². The van der Waals surface area contributed by atoms with Gasteiger partial charge >= 0.3 is 0 Å². The third-order valence-electron chi connectivity index (χ3n) is 3.45. The number of allylic oxidation sites excluding steroid dienone is 2. The van der Waals surface area contributed by atoms with Gasteiger partial charge < -0.3 is 11.5 Å². The van der Waals surface area contributed by atoms with Crippen LogP contribution < -0.4 is 11.5 Å². The third kappa shape index (κ3) is 2.69. The standard InChI is InChI=1S/C14H17N3O3S/c1-3-9-6-10-5-4-8(2)21(19,20)12(10)7-11(9)13(18)17-14(15)16/h4,6-7H,3,5H2,1-2H3,(H4,15,16,17,18). The fourth-order valence-corrected chi connectivity index (χ4v) is 3.70. The van der Waals surface area contributed by atoms with Crippen molar-refractivity contribution in [1.82, 2.24) is 0 Å². The lowest BCUT2D eigenvalue weighted by Gasteiger charge is -2.18. The zero-order valence-corrected chi connectivity index (χ0v) is 12.7. The van der Waals surface area contributed by atoms with E-state index >= 15 is 0 Å². The van der Waals surface area contributed by atoms with Gasteiger partial charge in [-0.25, -0.2) is 8.42 Å². The second kappa shape index (κ2) is 5.33. The maximum atomic E-state index is 12.3. The van der Waals surface area contributed by atoms with Crippen LogP contribution in [0.15, 0.2) is 33.0 Å². The van der Waals surface area contributed by atoms with Crippen molar-refractivity contribution in [2.24, 2.45) is 16.5 Å². The monoisotopic (exact) mass is 307 g/mol. The lowest BCUT2D eigenvalue weighted by molar-refractivity contribution is 0.100. The molecule has 0 atom stereocenters. The molecule has 0 spiro atoms.